The molecule has 4 aromatic rings. The van der Waals surface area contributed by atoms with E-state index in [9.17, 15) is 22.8 Å². The number of nitrogens with one attached hydrogen (secondary N) is 2. The van der Waals surface area contributed by atoms with E-state index in [1.54, 1.807) is 19.1 Å². The molecule has 0 aliphatic rings. The molecule has 0 bridgehead atoms. The molecule has 2 amide bonds. The number of hydrogen-bond donors (Lipinski definition) is 2. The van der Waals surface area contributed by atoms with Crippen molar-refractivity contribution in [3.05, 3.63) is 88.6 Å². The largest absolute Gasteiger partial charge is 0.440 e. The van der Waals surface area contributed by atoms with Gasteiger partial charge in [0.25, 0.3) is 5.91 Å². The van der Waals surface area contributed by atoms with Crippen LogP contribution in [0.4, 0.5) is 24.5 Å². The number of alkyl halides is 3. The summed E-state index contributed by atoms with van der Waals surface area (Å²) in [5.41, 5.74) is 0.183. The van der Waals surface area contributed by atoms with Crippen molar-refractivity contribution in [2.45, 2.75) is 19.5 Å². The average Bonchev–Trinajstić information content (AvgIpc) is 3.44. The van der Waals surface area contributed by atoms with Crippen LogP contribution in [0.1, 0.15) is 27.4 Å². The van der Waals surface area contributed by atoms with Crippen molar-refractivity contribution in [2.24, 2.45) is 0 Å². The smallest absolute Gasteiger partial charge is 0.416 e. The standard InChI is InChI=1S/C24H18F3N3O3S/c1-14-19(30-23(33-14)20-9-4-10-34-20)13-21(31)28-17-7-2-5-15(11-17)22(32)29-18-8-3-6-16(12-18)24(25,26)27/h2-12H,13H2,1H3,(H,28,31)(H,29,32). The lowest BCUT2D eigenvalue weighted by molar-refractivity contribution is -0.137. The predicted molar refractivity (Wildman–Crippen MR) is 123 cm³/mol. The molecule has 0 saturated heterocycles. The maximum Gasteiger partial charge on any atom is 0.416 e. The molecule has 2 N–H and O–H groups in total. The number of benzene rings is 2. The van der Waals surface area contributed by atoms with Gasteiger partial charge < -0.3 is 15.1 Å². The Morgan fingerprint density at radius 3 is 2.44 bits per heavy atom. The number of aromatic nitrogens is 1. The molecule has 0 radical (unpaired) electrons. The van der Waals surface area contributed by atoms with Gasteiger partial charge in [-0.15, -0.1) is 11.3 Å². The number of oxazole rings is 1. The Balaban J connectivity index is 1.42. The van der Waals surface area contributed by atoms with Gasteiger partial charge in [0.2, 0.25) is 11.8 Å². The lowest BCUT2D eigenvalue weighted by atomic mass is 10.1. The van der Waals surface area contributed by atoms with Crippen LogP contribution < -0.4 is 10.6 Å². The Morgan fingerprint density at radius 1 is 1.00 bits per heavy atom. The first-order chi connectivity index (χ1) is 16.2. The van der Waals surface area contributed by atoms with E-state index in [0.717, 1.165) is 17.0 Å². The summed E-state index contributed by atoms with van der Waals surface area (Å²) in [5.74, 6) is 0.0178. The van der Waals surface area contributed by atoms with Gasteiger partial charge in [0, 0.05) is 16.9 Å². The summed E-state index contributed by atoms with van der Waals surface area (Å²) in [4.78, 5) is 30.3. The van der Waals surface area contributed by atoms with Gasteiger partial charge in [0.15, 0.2) is 0 Å². The molecule has 2 aromatic heterocycles. The number of carbonyl (C=O) groups is 2. The molecule has 2 aromatic carbocycles. The second-order valence-electron chi connectivity index (χ2n) is 7.34. The maximum absolute atomic E-state index is 12.9. The molecule has 6 nitrogen and oxygen atoms in total. The van der Waals surface area contributed by atoms with Crippen molar-refractivity contribution < 1.29 is 27.2 Å². The first kappa shape index (κ1) is 23.2. The molecule has 10 heteroatoms. The lowest BCUT2D eigenvalue weighted by Crippen LogP contribution is -2.17. The van der Waals surface area contributed by atoms with Crippen molar-refractivity contribution in [1.82, 2.24) is 4.98 Å². The van der Waals surface area contributed by atoms with Gasteiger partial charge in [-0.1, -0.05) is 18.2 Å². The van der Waals surface area contributed by atoms with Crippen LogP contribution in [-0.2, 0) is 17.4 Å². The third kappa shape index (κ3) is 5.52. The zero-order valence-electron chi connectivity index (χ0n) is 17.8. The molecule has 0 spiro atoms. The number of rotatable bonds is 6. The van der Waals surface area contributed by atoms with E-state index in [-0.39, 0.29) is 23.6 Å². The van der Waals surface area contributed by atoms with E-state index in [0.29, 0.717) is 23.0 Å². The molecule has 34 heavy (non-hydrogen) atoms. The Hall–Kier alpha value is -3.92. The van der Waals surface area contributed by atoms with E-state index < -0.39 is 17.6 Å². The fourth-order valence-corrected chi connectivity index (χ4v) is 3.82. The Bertz CT molecular complexity index is 1330. The third-order valence-electron chi connectivity index (χ3n) is 4.81. The summed E-state index contributed by atoms with van der Waals surface area (Å²) in [6.07, 6.45) is -4.54. The molecule has 0 saturated carbocycles. The van der Waals surface area contributed by atoms with Crippen molar-refractivity contribution in [3.63, 3.8) is 0 Å². The minimum absolute atomic E-state index is 0.0114. The number of hydrogen-bond acceptors (Lipinski definition) is 5. The summed E-state index contributed by atoms with van der Waals surface area (Å²) in [6.45, 7) is 1.73. The molecule has 0 aliphatic carbocycles. The highest BCUT2D eigenvalue weighted by atomic mass is 32.1. The van der Waals surface area contributed by atoms with Gasteiger partial charge in [-0.2, -0.15) is 13.2 Å². The number of anilines is 2. The predicted octanol–water partition coefficient (Wildman–Crippen LogP) is 6.16. The van der Waals surface area contributed by atoms with Gasteiger partial charge in [0.05, 0.1) is 22.6 Å². The molecule has 174 valence electrons. The highest BCUT2D eigenvalue weighted by Crippen LogP contribution is 2.31. The minimum Gasteiger partial charge on any atom is -0.440 e. The Labute approximate surface area is 196 Å². The molecule has 0 atom stereocenters. The molecule has 0 aliphatic heterocycles. The SMILES string of the molecule is Cc1oc(-c2cccs2)nc1CC(=O)Nc1cccc(C(=O)Nc2cccc(C(F)(F)F)c2)c1. The summed E-state index contributed by atoms with van der Waals surface area (Å²) >= 11 is 1.48. The Morgan fingerprint density at radius 2 is 1.74 bits per heavy atom. The van der Waals surface area contributed by atoms with Crippen LogP contribution in [0.3, 0.4) is 0 Å². The van der Waals surface area contributed by atoms with Gasteiger partial charge in [-0.25, -0.2) is 4.98 Å². The van der Waals surface area contributed by atoms with Crippen molar-refractivity contribution in [1.29, 1.82) is 0 Å². The van der Waals surface area contributed by atoms with Gasteiger partial charge in [-0.05, 0) is 54.8 Å². The normalized spacial score (nSPS) is 11.3. The van der Waals surface area contributed by atoms with E-state index in [2.05, 4.69) is 15.6 Å². The van der Waals surface area contributed by atoms with Crippen molar-refractivity contribution >= 4 is 34.5 Å². The molecule has 2 heterocycles. The van der Waals surface area contributed by atoms with Crippen LogP contribution in [0.2, 0.25) is 0 Å². The topological polar surface area (TPSA) is 84.2 Å². The first-order valence-electron chi connectivity index (χ1n) is 10.1. The fourth-order valence-electron chi connectivity index (χ4n) is 3.17. The second-order valence-corrected chi connectivity index (χ2v) is 8.29. The molecule has 0 fully saturated rings. The summed E-state index contributed by atoms with van der Waals surface area (Å²) in [7, 11) is 0. The number of aryl methyl sites for hydroxylation is 1. The minimum atomic E-state index is -4.52. The highest BCUT2D eigenvalue weighted by Gasteiger charge is 2.30. The number of amides is 2. The number of nitrogens with zero attached hydrogens (tertiary/aromatic N) is 1. The summed E-state index contributed by atoms with van der Waals surface area (Å²) in [6, 6.07) is 14.2. The van der Waals surface area contributed by atoms with Crippen LogP contribution in [0.5, 0.6) is 0 Å². The van der Waals surface area contributed by atoms with Crippen LogP contribution in [0.25, 0.3) is 10.8 Å². The van der Waals surface area contributed by atoms with Crippen LogP contribution in [-0.4, -0.2) is 16.8 Å². The second kappa shape index (κ2) is 9.52. The third-order valence-corrected chi connectivity index (χ3v) is 5.67. The average molecular weight is 485 g/mol. The molecule has 4 rings (SSSR count). The monoisotopic (exact) mass is 485 g/mol. The van der Waals surface area contributed by atoms with Crippen LogP contribution in [0, 0.1) is 6.92 Å². The quantitative estimate of drug-likeness (QED) is 0.342. The summed E-state index contributed by atoms with van der Waals surface area (Å²) < 4.78 is 44.3. The highest BCUT2D eigenvalue weighted by molar-refractivity contribution is 7.13. The van der Waals surface area contributed by atoms with Gasteiger partial charge >= 0.3 is 6.18 Å². The van der Waals surface area contributed by atoms with E-state index >= 15 is 0 Å². The van der Waals surface area contributed by atoms with Crippen molar-refractivity contribution in [2.75, 3.05) is 10.6 Å². The van der Waals surface area contributed by atoms with E-state index in [1.807, 2.05) is 17.5 Å². The van der Waals surface area contributed by atoms with Crippen molar-refractivity contribution in [3.8, 4) is 10.8 Å². The number of halogens is 3. The number of carbonyl (C=O) groups excluding carboxylic acids is 2. The van der Waals surface area contributed by atoms with Gasteiger partial charge in [0.1, 0.15) is 5.76 Å². The van der Waals surface area contributed by atoms with E-state index in [1.165, 1.54) is 35.6 Å². The van der Waals surface area contributed by atoms with Gasteiger partial charge in [-0.3, -0.25) is 9.59 Å². The van der Waals surface area contributed by atoms with Crippen LogP contribution in [0.15, 0.2) is 70.5 Å². The van der Waals surface area contributed by atoms with E-state index in [4.69, 9.17) is 4.42 Å². The molecular formula is C24H18F3N3O3S. The molecular weight excluding hydrogens is 467 g/mol. The Kier molecular flexibility index (Phi) is 6.51. The van der Waals surface area contributed by atoms with Crippen LogP contribution >= 0.6 is 11.3 Å². The maximum atomic E-state index is 12.9. The zero-order valence-corrected chi connectivity index (χ0v) is 18.6. The molecule has 0 unspecified atom stereocenters. The summed E-state index contributed by atoms with van der Waals surface area (Å²) in [5, 5.41) is 7.04. The number of thiophene rings is 1. The zero-order chi connectivity index (χ0) is 24.3. The first-order valence-corrected chi connectivity index (χ1v) is 11.0. The fraction of sp³-hybridized carbons (Fsp3) is 0.125. The lowest BCUT2D eigenvalue weighted by Gasteiger charge is -2.11.